The van der Waals surface area contributed by atoms with Crippen molar-refractivity contribution in [3.05, 3.63) is 83.6 Å². The first-order valence-electron chi connectivity index (χ1n) is 9.01. The number of aryl methyl sites for hydroxylation is 1. The van der Waals surface area contributed by atoms with E-state index >= 15 is 0 Å². The molecule has 4 aromatic rings. The number of rotatable bonds is 4. The predicted molar refractivity (Wildman–Crippen MR) is 109 cm³/mol. The molecule has 0 fully saturated rings. The summed E-state index contributed by atoms with van der Waals surface area (Å²) in [6.45, 7) is 3.32. The van der Waals surface area contributed by atoms with Crippen molar-refractivity contribution in [2.75, 3.05) is 0 Å². The first kappa shape index (κ1) is 19.7. The SMILES string of the molecule is Cc1nn(-c2ccccc2)c(C)c1C(=O)NS(=O)(=O)c1ccc(F)c2ncccc12. The summed E-state index contributed by atoms with van der Waals surface area (Å²) in [6, 6.07) is 14.3. The molecule has 152 valence electrons. The molecule has 0 saturated carbocycles. The van der Waals surface area contributed by atoms with Gasteiger partial charge in [-0.15, -0.1) is 0 Å². The fourth-order valence-electron chi connectivity index (χ4n) is 3.37. The molecule has 9 heteroatoms. The highest BCUT2D eigenvalue weighted by atomic mass is 32.2. The van der Waals surface area contributed by atoms with E-state index in [2.05, 4.69) is 14.8 Å². The van der Waals surface area contributed by atoms with Gasteiger partial charge in [0, 0.05) is 11.6 Å². The van der Waals surface area contributed by atoms with E-state index in [1.54, 1.807) is 18.5 Å². The molecule has 4 rings (SSSR count). The van der Waals surface area contributed by atoms with Gasteiger partial charge in [-0.2, -0.15) is 5.10 Å². The molecule has 2 aromatic carbocycles. The lowest BCUT2D eigenvalue weighted by Gasteiger charge is -2.10. The minimum Gasteiger partial charge on any atom is -0.268 e. The van der Waals surface area contributed by atoms with Crippen LogP contribution in [0.1, 0.15) is 21.7 Å². The summed E-state index contributed by atoms with van der Waals surface area (Å²) >= 11 is 0. The quantitative estimate of drug-likeness (QED) is 0.543. The maximum Gasteiger partial charge on any atom is 0.268 e. The third kappa shape index (κ3) is 3.33. The van der Waals surface area contributed by atoms with Crippen LogP contribution in [-0.4, -0.2) is 29.1 Å². The number of pyridine rings is 1. The van der Waals surface area contributed by atoms with Crippen LogP contribution < -0.4 is 4.72 Å². The highest BCUT2D eigenvalue weighted by molar-refractivity contribution is 7.90. The zero-order chi connectivity index (χ0) is 21.5. The number of carbonyl (C=O) groups excluding carboxylic acids is 1. The minimum atomic E-state index is -4.28. The van der Waals surface area contributed by atoms with E-state index in [1.807, 2.05) is 30.3 Å². The number of nitrogens with one attached hydrogen (secondary N) is 1. The van der Waals surface area contributed by atoms with E-state index in [-0.39, 0.29) is 21.4 Å². The Hall–Kier alpha value is -3.59. The summed E-state index contributed by atoms with van der Waals surface area (Å²) in [7, 11) is -4.28. The summed E-state index contributed by atoms with van der Waals surface area (Å²) in [6.07, 6.45) is 1.37. The number of hydrogen-bond donors (Lipinski definition) is 1. The van der Waals surface area contributed by atoms with Crippen LogP contribution in [0, 0.1) is 19.7 Å². The summed E-state index contributed by atoms with van der Waals surface area (Å²) < 4.78 is 43.5. The highest BCUT2D eigenvalue weighted by Gasteiger charge is 2.26. The number of benzene rings is 2. The summed E-state index contributed by atoms with van der Waals surface area (Å²) in [5.74, 6) is -1.46. The van der Waals surface area contributed by atoms with E-state index in [0.29, 0.717) is 11.4 Å². The minimum absolute atomic E-state index is 0.0860. The lowest BCUT2D eigenvalue weighted by atomic mass is 10.2. The van der Waals surface area contributed by atoms with Crippen molar-refractivity contribution in [1.82, 2.24) is 19.5 Å². The number of para-hydroxylation sites is 1. The molecule has 0 aliphatic carbocycles. The molecule has 1 N–H and O–H groups in total. The second-order valence-corrected chi connectivity index (χ2v) is 8.32. The Morgan fingerprint density at radius 1 is 1.03 bits per heavy atom. The smallest absolute Gasteiger partial charge is 0.268 e. The molecular weight excluding hydrogens is 407 g/mol. The van der Waals surface area contributed by atoms with E-state index in [9.17, 15) is 17.6 Å². The maximum atomic E-state index is 14.0. The predicted octanol–water partition coefficient (Wildman–Crippen LogP) is 3.30. The monoisotopic (exact) mass is 424 g/mol. The lowest BCUT2D eigenvalue weighted by molar-refractivity contribution is 0.0980. The van der Waals surface area contributed by atoms with Crippen molar-refractivity contribution in [3.8, 4) is 5.69 Å². The molecule has 0 aliphatic rings. The van der Waals surface area contributed by atoms with E-state index in [1.165, 1.54) is 18.3 Å². The standard InChI is InChI=1S/C21H17FN4O3S/c1-13-19(14(2)26(24-13)15-7-4-3-5-8-15)21(27)25-30(28,29)18-11-10-17(22)20-16(18)9-6-12-23-20/h3-12H,1-2H3,(H,25,27). The molecule has 0 saturated heterocycles. The highest BCUT2D eigenvalue weighted by Crippen LogP contribution is 2.24. The van der Waals surface area contributed by atoms with Gasteiger partial charge in [0.05, 0.1) is 27.5 Å². The molecule has 2 aromatic heterocycles. The van der Waals surface area contributed by atoms with Crippen LogP contribution in [-0.2, 0) is 10.0 Å². The molecule has 0 bridgehead atoms. The van der Waals surface area contributed by atoms with E-state index in [4.69, 9.17) is 0 Å². The Morgan fingerprint density at radius 3 is 2.50 bits per heavy atom. The normalized spacial score (nSPS) is 11.6. The fourth-order valence-corrected chi connectivity index (χ4v) is 4.52. The maximum absolute atomic E-state index is 14.0. The Morgan fingerprint density at radius 2 is 1.77 bits per heavy atom. The van der Waals surface area contributed by atoms with Crippen LogP contribution in [0.3, 0.4) is 0 Å². The Bertz CT molecular complexity index is 1380. The second-order valence-electron chi connectivity index (χ2n) is 6.67. The van der Waals surface area contributed by atoms with Crippen molar-refractivity contribution in [3.63, 3.8) is 0 Å². The molecule has 0 radical (unpaired) electrons. The van der Waals surface area contributed by atoms with Crippen molar-refractivity contribution >= 4 is 26.8 Å². The number of fused-ring (bicyclic) bond motifs is 1. The zero-order valence-electron chi connectivity index (χ0n) is 16.1. The molecule has 0 atom stereocenters. The van der Waals surface area contributed by atoms with Gasteiger partial charge in [-0.1, -0.05) is 18.2 Å². The first-order chi connectivity index (χ1) is 14.3. The largest absolute Gasteiger partial charge is 0.268 e. The van der Waals surface area contributed by atoms with Gasteiger partial charge >= 0.3 is 0 Å². The summed E-state index contributed by atoms with van der Waals surface area (Å²) in [4.78, 5) is 16.6. The van der Waals surface area contributed by atoms with Gasteiger partial charge in [0.2, 0.25) is 0 Å². The number of sulfonamides is 1. The topological polar surface area (TPSA) is 94.0 Å². The van der Waals surface area contributed by atoms with Gasteiger partial charge < -0.3 is 0 Å². The molecule has 30 heavy (non-hydrogen) atoms. The van der Waals surface area contributed by atoms with Gasteiger partial charge in [-0.05, 0) is 50.2 Å². The first-order valence-corrected chi connectivity index (χ1v) is 10.5. The molecule has 0 unspecified atom stereocenters. The second kappa shape index (κ2) is 7.34. The summed E-state index contributed by atoms with van der Waals surface area (Å²) in [5.41, 5.74) is 1.70. The number of carbonyl (C=O) groups is 1. The molecule has 0 spiro atoms. The van der Waals surface area contributed by atoms with Crippen LogP contribution in [0.4, 0.5) is 4.39 Å². The zero-order valence-corrected chi connectivity index (χ0v) is 16.9. The lowest BCUT2D eigenvalue weighted by Crippen LogP contribution is -2.31. The Kier molecular flexibility index (Phi) is 4.83. The van der Waals surface area contributed by atoms with Crippen LogP contribution in [0.25, 0.3) is 16.6 Å². The molecule has 2 heterocycles. The number of aromatic nitrogens is 3. The molecular formula is C21H17FN4O3S. The van der Waals surface area contributed by atoms with Crippen molar-refractivity contribution in [2.45, 2.75) is 18.7 Å². The van der Waals surface area contributed by atoms with Crippen LogP contribution in [0.2, 0.25) is 0 Å². The van der Waals surface area contributed by atoms with E-state index in [0.717, 1.165) is 17.8 Å². The van der Waals surface area contributed by atoms with Gasteiger partial charge in [-0.3, -0.25) is 9.78 Å². The van der Waals surface area contributed by atoms with Crippen molar-refractivity contribution < 1.29 is 17.6 Å². The average Bonchev–Trinajstić information content (AvgIpc) is 3.02. The van der Waals surface area contributed by atoms with Crippen LogP contribution in [0.5, 0.6) is 0 Å². The van der Waals surface area contributed by atoms with Crippen LogP contribution in [0.15, 0.2) is 65.7 Å². The fraction of sp³-hybridized carbons (Fsp3) is 0.0952. The van der Waals surface area contributed by atoms with Gasteiger partial charge in [-0.25, -0.2) is 22.2 Å². The van der Waals surface area contributed by atoms with Gasteiger partial charge in [0.1, 0.15) is 11.3 Å². The number of halogens is 1. The third-order valence-corrected chi connectivity index (χ3v) is 6.11. The molecule has 0 aliphatic heterocycles. The third-order valence-electron chi connectivity index (χ3n) is 4.72. The number of nitrogens with zero attached hydrogens (tertiary/aromatic N) is 3. The molecule has 1 amide bonds. The molecule has 7 nitrogen and oxygen atoms in total. The van der Waals surface area contributed by atoms with Crippen LogP contribution >= 0.6 is 0 Å². The average molecular weight is 424 g/mol. The number of hydrogen-bond acceptors (Lipinski definition) is 5. The Labute approximate surface area is 172 Å². The van der Waals surface area contributed by atoms with Gasteiger partial charge in [0.25, 0.3) is 15.9 Å². The van der Waals surface area contributed by atoms with E-state index < -0.39 is 21.7 Å². The van der Waals surface area contributed by atoms with Crippen molar-refractivity contribution in [2.24, 2.45) is 0 Å². The van der Waals surface area contributed by atoms with Crippen molar-refractivity contribution in [1.29, 1.82) is 0 Å². The number of amides is 1. The van der Waals surface area contributed by atoms with Gasteiger partial charge in [0.15, 0.2) is 0 Å². The summed E-state index contributed by atoms with van der Waals surface area (Å²) in [5, 5.41) is 4.46. The Balaban J connectivity index is 1.73.